The van der Waals surface area contributed by atoms with E-state index in [1.807, 2.05) is 22.9 Å². The zero-order valence-corrected chi connectivity index (χ0v) is 9.24. The fourth-order valence-electron chi connectivity index (χ4n) is 1.50. The Kier molecular flexibility index (Phi) is 3.18. The molecule has 0 amide bonds. The minimum Gasteiger partial charge on any atom is -0.385 e. The third-order valence-corrected chi connectivity index (χ3v) is 2.51. The highest BCUT2D eigenvalue weighted by Crippen LogP contribution is 2.21. The Labute approximate surface area is 92.8 Å². The van der Waals surface area contributed by atoms with Crippen LogP contribution in [0.3, 0.4) is 0 Å². The minimum atomic E-state index is 0.690. The van der Waals surface area contributed by atoms with E-state index in [0.29, 0.717) is 11.6 Å². The highest BCUT2D eigenvalue weighted by molar-refractivity contribution is 6.34. The van der Waals surface area contributed by atoms with E-state index in [0.717, 1.165) is 24.0 Å². The molecule has 2 rings (SSSR count). The Morgan fingerprint density at radius 3 is 3.13 bits per heavy atom. The van der Waals surface area contributed by atoms with Crippen LogP contribution in [0, 0.1) is 0 Å². The maximum atomic E-state index is 6.08. The summed E-state index contributed by atoms with van der Waals surface area (Å²) in [4.78, 5) is 0. The first-order valence-corrected chi connectivity index (χ1v) is 5.17. The van der Waals surface area contributed by atoms with E-state index in [9.17, 15) is 0 Å². The van der Waals surface area contributed by atoms with Crippen LogP contribution in [0.4, 0.5) is 0 Å². The van der Waals surface area contributed by atoms with Crippen molar-refractivity contribution in [3.8, 4) is 0 Å². The van der Waals surface area contributed by atoms with Crippen molar-refractivity contribution < 1.29 is 4.74 Å². The number of fused-ring (bicyclic) bond motifs is 1. The molecule has 1 aromatic carbocycles. The van der Waals surface area contributed by atoms with Gasteiger partial charge in [0.1, 0.15) is 11.0 Å². The molecule has 0 spiro atoms. The molecule has 0 fully saturated rings. The number of hydrogen-bond acceptors (Lipinski definition) is 3. The van der Waals surface area contributed by atoms with Crippen LogP contribution in [0.25, 0.3) is 11.0 Å². The van der Waals surface area contributed by atoms with E-state index in [2.05, 4.69) is 10.3 Å². The van der Waals surface area contributed by atoms with E-state index < -0.39 is 0 Å². The monoisotopic (exact) mass is 225 g/mol. The maximum Gasteiger partial charge on any atom is 0.114 e. The summed E-state index contributed by atoms with van der Waals surface area (Å²) >= 11 is 6.08. The van der Waals surface area contributed by atoms with Gasteiger partial charge in [0.2, 0.25) is 0 Å². The van der Waals surface area contributed by atoms with Gasteiger partial charge in [0.15, 0.2) is 0 Å². The van der Waals surface area contributed by atoms with Gasteiger partial charge in [-0.3, -0.25) is 0 Å². The Bertz CT molecular complexity index is 455. The van der Waals surface area contributed by atoms with Crippen LogP contribution < -0.4 is 0 Å². The largest absolute Gasteiger partial charge is 0.385 e. The van der Waals surface area contributed by atoms with Gasteiger partial charge in [0.25, 0.3) is 0 Å². The number of halogens is 1. The third kappa shape index (κ3) is 2.11. The van der Waals surface area contributed by atoms with Crippen molar-refractivity contribution in [2.75, 3.05) is 13.7 Å². The van der Waals surface area contributed by atoms with Crippen molar-refractivity contribution in [2.45, 2.75) is 13.0 Å². The lowest BCUT2D eigenvalue weighted by Crippen LogP contribution is -2.03. The molecule has 0 bridgehead atoms. The Hall–Kier alpha value is -1.13. The van der Waals surface area contributed by atoms with E-state index in [-0.39, 0.29) is 0 Å². The van der Waals surface area contributed by atoms with Crippen LogP contribution in [0.1, 0.15) is 6.42 Å². The second-order valence-electron chi connectivity index (χ2n) is 3.27. The second kappa shape index (κ2) is 4.59. The molecular weight excluding hydrogens is 214 g/mol. The van der Waals surface area contributed by atoms with Crippen molar-refractivity contribution in [1.82, 2.24) is 15.0 Å². The molecule has 0 unspecified atom stereocenters. The van der Waals surface area contributed by atoms with Gasteiger partial charge in [0.05, 0.1) is 5.02 Å². The summed E-state index contributed by atoms with van der Waals surface area (Å²) in [5, 5.41) is 8.79. The molecule has 1 heterocycles. The zero-order chi connectivity index (χ0) is 10.7. The maximum absolute atomic E-state index is 6.08. The SMILES string of the molecule is COCCCn1nnc2cccc(Cl)c21. The summed E-state index contributed by atoms with van der Waals surface area (Å²) < 4.78 is 6.80. The van der Waals surface area contributed by atoms with Crippen LogP contribution in [-0.4, -0.2) is 28.7 Å². The summed E-state index contributed by atoms with van der Waals surface area (Å²) in [6, 6.07) is 5.62. The topological polar surface area (TPSA) is 39.9 Å². The average molecular weight is 226 g/mol. The van der Waals surface area contributed by atoms with E-state index in [1.54, 1.807) is 7.11 Å². The smallest absolute Gasteiger partial charge is 0.114 e. The van der Waals surface area contributed by atoms with Crippen LogP contribution in [-0.2, 0) is 11.3 Å². The second-order valence-corrected chi connectivity index (χ2v) is 3.67. The third-order valence-electron chi connectivity index (χ3n) is 2.20. The van der Waals surface area contributed by atoms with Gasteiger partial charge in [-0.05, 0) is 18.6 Å². The van der Waals surface area contributed by atoms with Gasteiger partial charge < -0.3 is 4.74 Å². The first kappa shape index (κ1) is 10.4. The minimum absolute atomic E-state index is 0.690. The Balaban J connectivity index is 2.27. The number of aromatic nitrogens is 3. The van der Waals surface area contributed by atoms with Crippen LogP contribution in [0.5, 0.6) is 0 Å². The summed E-state index contributed by atoms with van der Waals surface area (Å²) in [5.41, 5.74) is 1.73. The fraction of sp³-hybridized carbons (Fsp3) is 0.400. The molecule has 80 valence electrons. The highest BCUT2D eigenvalue weighted by atomic mass is 35.5. The van der Waals surface area contributed by atoms with Gasteiger partial charge in [0, 0.05) is 20.3 Å². The lowest BCUT2D eigenvalue weighted by molar-refractivity contribution is 0.189. The number of hydrogen-bond donors (Lipinski definition) is 0. The molecule has 1 aromatic heterocycles. The Morgan fingerprint density at radius 2 is 2.33 bits per heavy atom. The first-order chi connectivity index (χ1) is 7.33. The van der Waals surface area contributed by atoms with Gasteiger partial charge in [-0.15, -0.1) is 5.10 Å². The molecule has 0 aliphatic heterocycles. The summed E-state index contributed by atoms with van der Waals surface area (Å²) in [7, 11) is 1.69. The lowest BCUT2D eigenvalue weighted by atomic mass is 10.3. The number of para-hydroxylation sites is 1. The summed E-state index contributed by atoms with van der Waals surface area (Å²) in [6.07, 6.45) is 0.903. The van der Waals surface area contributed by atoms with Crippen molar-refractivity contribution >= 4 is 22.6 Å². The van der Waals surface area contributed by atoms with Gasteiger partial charge in [-0.1, -0.05) is 22.9 Å². The van der Waals surface area contributed by atoms with Crippen LogP contribution >= 0.6 is 11.6 Å². The first-order valence-electron chi connectivity index (χ1n) is 4.79. The highest BCUT2D eigenvalue weighted by Gasteiger charge is 2.06. The van der Waals surface area contributed by atoms with Gasteiger partial charge in [-0.2, -0.15) is 0 Å². The average Bonchev–Trinajstić information content (AvgIpc) is 2.63. The van der Waals surface area contributed by atoms with Crippen molar-refractivity contribution in [1.29, 1.82) is 0 Å². The molecule has 0 aliphatic rings. The summed E-state index contributed by atoms with van der Waals surface area (Å²) in [6.45, 7) is 1.49. The molecule has 2 aromatic rings. The number of methoxy groups -OCH3 is 1. The molecule has 5 heteroatoms. The lowest BCUT2D eigenvalue weighted by Gasteiger charge is -2.02. The predicted octanol–water partition coefficient (Wildman–Crippen LogP) is 2.12. The van der Waals surface area contributed by atoms with E-state index in [1.165, 1.54) is 0 Å². The van der Waals surface area contributed by atoms with E-state index >= 15 is 0 Å². The predicted molar refractivity (Wildman–Crippen MR) is 59.0 cm³/mol. The molecular formula is C10H12ClN3O. The molecule has 0 N–H and O–H groups in total. The quantitative estimate of drug-likeness (QED) is 0.749. The molecule has 0 radical (unpaired) electrons. The number of benzene rings is 1. The van der Waals surface area contributed by atoms with Gasteiger partial charge >= 0.3 is 0 Å². The molecule has 0 saturated heterocycles. The fourth-order valence-corrected chi connectivity index (χ4v) is 1.77. The molecule has 0 aliphatic carbocycles. The van der Waals surface area contributed by atoms with Gasteiger partial charge in [-0.25, -0.2) is 4.68 Å². The zero-order valence-electron chi connectivity index (χ0n) is 8.48. The molecule has 4 nitrogen and oxygen atoms in total. The van der Waals surface area contributed by atoms with Crippen molar-refractivity contribution in [3.05, 3.63) is 23.2 Å². The van der Waals surface area contributed by atoms with E-state index in [4.69, 9.17) is 16.3 Å². The standard InChI is InChI=1S/C10H12ClN3O/c1-15-7-3-6-14-10-8(11)4-2-5-9(10)12-13-14/h2,4-5H,3,6-7H2,1H3. The molecule has 0 atom stereocenters. The number of aryl methyl sites for hydroxylation is 1. The number of ether oxygens (including phenoxy) is 1. The van der Waals surface area contributed by atoms with Crippen molar-refractivity contribution in [3.63, 3.8) is 0 Å². The van der Waals surface area contributed by atoms with Crippen molar-refractivity contribution in [2.24, 2.45) is 0 Å². The molecule has 0 saturated carbocycles. The summed E-state index contributed by atoms with van der Waals surface area (Å²) in [5.74, 6) is 0. The number of rotatable bonds is 4. The van der Waals surface area contributed by atoms with Crippen LogP contribution in [0.15, 0.2) is 18.2 Å². The number of nitrogens with zero attached hydrogens (tertiary/aromatic N) is 3. The van der Waals surface area contributed by atoms with Crippen LogP contribution in [0.2, 0.25) is 5.02 Å². The normalized spacial score (nSPS) is 11.1. The molecule has 15 heavy (non-hydrogen) atoms. The Morgan fingerprint density at radius 1 is 1.47 bits per heavy atom.